The van der Waals surface area contributed by atoms with Gasteiger partial charge in [0.2, 0.25) is 0 Å². The van der Waals surface area contributed by atoms with Gasteiger partial charge in [-0.15, -0.1) is 0 Å². The lowest BCUT2D eigenvalue weighted by molar-refractivity contribution is 0.0453. The van der Waals surface area contributed by atoms with Crippen molar-refractivity contribution < 1.29 is 17.9 Å². The molecule has 0 saturated heterocycles. The molecule has 0 spiro atoms. The maximum atomic E-state index is 12.0. The van der Waals surface area contributed by atoms with Gasteiger partial charge in [-0.1, -0.05) is 34.1 Å². The predicted molar refractivity (Wildman–Crippen MR) is 80.0 cm³/mol. The number of rotatable bonds is 6. The van der Waals surface area contributed by atoms with Crippen LogP contribution in [0.2, 0.25) is 0 Å². The van der Waals surface area contributed by atoms with Crippen molar-refractivity contribution in [1.82, 2.24) is 10.2 Å². The largest absolute Gasteiger partial charge is 0.461 e. The standard InChI is InChI=1S/C13H21ClN2O4S/c1-5-6-9-11(21(14,18)19)10(16-15-9)12(17)20-8-7-13(2,3)4/h5-8H2,1-4H3,(H,15,16). The number of H-pyrrole nitrogens is 1. The average Bonchev–Trinajstić information content (AvgIpc) is 2.71. The molecule has 120 valence electrons. The second-order valence-corrected chi connectivity index (χ2v) is 8.52. The van der Waals surface area contributed by atoms with E-state index in [-0.39, 0.29) is 22.6 Å². The Morgan fingerprint density at radius 3 is 2.48 bits per heavy atom. The third kappa shape index (κ3) is 5.32. The Labute approximate surface area is 129 Å². The molecule has 8 heteroatoms. The molecule has 1 aromatic heterocycles. The number of hydrogen-bond donors (Lipinski definition) is 1. The number of hydrogen-bond acceptors (Lipinski definition) is 5. The lowest BCUT2D eigenvalue weighted by atomic mass is 9.93. The summed E-state index contributed by atoms with van der Waals surface area (Å²) in [5.41, 5.74) is 0.0679. The van der Waals surface area contributed by atoms with Crippen molar-refractivity contribution in [3.05, 3.63) is 11.4 Å². The SMILES string of the molecule is CCCc1[nH]nc(C(=O)OCCC(C)(C)C)c1S(=O)(=O)Cl. The quantitative estimate of drug-likeness (QED) is 0.637. The van der Waals surface area contributed by atoms with Crippen LogP contribution in [0, 0.1) is 5.41 Å². The van der Waals surface area contributed by atoms with Gasteiger partial charge in [0.05, 0.1) is 12.3 Å². The molecule has 0 radical (unpaired) electrons. The normalized spacial score (nSPS) is 12.4. The van der Waals surface area contributed by atoms with Gasteiger partial charge in [-0.2, -0.15) is 5.10 Å². The molecule has 0 aliphatic carbocycles. The maximum absolute atomic E-state index is 12.0. The van der Waals surface area contributed by atoms with Crippen molar-refractivity contribution in [3.8, 4) is 0 Å². The Morgan fingerprint density at radius 2 is 2.00 bits per heavy atom. The Hall–Kier alpha value is -1.08. The first-order chi connectivity index (χ1) is 9.56. The minimum absolute atomic E-state index is 0.0145. The van der Waals surface area contributed by atoms with Crippen LogP contribution in [0.3, 0.4) is 0 Å². The summed E-state index contributed by atoms with van der Waals surface area (Å²) in [6.07, 6.45) is 1.79. The number of aromatic nitrogens is 2. The second-order valence-electron chi connectivity index (χ2n) is 6.01. The van der Waals surface area contributed by atoms with Crippen molar-refractivity contribution in [2.45, 2.75) is 51.9 Å². The van der Waals surface area contributed by atoms with Gasteiger partial charge in [-0.3, -0.25) is 5.10 Å². The molecule has 1 heterocycles. The van der Waals surface area contributed by atoms with Crippen molar-refractivity contribution in [2.75, 3.05) is 6.61 Å². The predicted octanol–water partition coefficient (Wildman–Crippen LogP) is 2.88. The number of nitrogens with zero attached hydrogens (tertiary/aromatic N) is 1. The first-order valence-corrected chi connectivity index (χ1v) is 9.06. The van der Waals surface area contributed by atoms with E-state index in [1.54, 1.807) is 0 Å². The number of halogens is 1. The Morgan fingerprint density at radius 1 is 1.38 bits per heavy atom. The Bertz CT molecular complexity index is 602. The molecular formula is C13H21ClN2O4S. The van der Waals surface area contributed by atoms with Crippen molar-refractivity contribution in [3.63, 3.8) is 0 Å². The van der Waals surface area contributed by atoms with Crippen LogP contribution in [0.5, 0.6) is 0 Å². The highest BCUT2D eigenvalue weighted by molar-refractivity contribution is 8.13. The van der Waals surface area contributed by atoms with Crippen LogP contribution < -0.4 is 0 Å². The summed E-state index contributed by atoms with van der Waals surface area (Å²) >= 11 is 0. The van der Waals surface area contributed by atoms with Crippen LogP contribution in [-0.2, 0) is 20.2 Å². The minimum atomic E-state index is -4.06. The molecule has 0 unspecified atom stereocenters. The van der Waals surface area contributed by atoms with E-state index in [1.165, 1.54) is 0 Å². The Kier molecular flexibility index (Phi) is 5.81. The number of carbonyl (C=O) groups excluding carboxylic acids is 1. The lowest BCUT2D eigenvalue weighted by Gasteiger charge is -2.17. The minimum Gasteiger partial charge on any atom is -0.461 e. The van der Waals surface area contributed by atoms with Crippen LogP contribution >= 0.6 is 10.7 Å². The molecule has 21 heavy (non-hydrogen) atoms. The molecule has 0 aliphatic rings. The third-order valence-electron chi connectivity index (χ3n) is 2.81. The number of aryl methyl sites for hydroxylation is 1. The van der Waals surface area contributed by atoms with Gasteiger partial charge in [0.15, 0.2) is 5.69 Å². The van der Waals surface area contributed by atoms with Crippen molar-refractivity contribution >= 4 is 25.7 Å². The van der Waals surface area contributed by atoms with E-state index < -0.39 is 15.0 Å². The highest BCUT2D eigenvalue weighted by atomic mass is 35.7. The molecular weight excluding hydrogens is 316 g/mol. The second kappa shape index (κ2) is 6.79. The summed E-state index contributed by atoms with van der Waals surface area (Å²) in [4.78, 5) is 11.7. The lowest BCUT2D eigenvalue weighted by Crippen LogP contribution is -2.15. The zero-order valence-corrected chi connectivity index (χ0v) is 14.3. The van der Waals surface area contributed by atoms with E-state index in [0.29, 0.717) is 25.0 Å². The molecule has 0 amide bonds. The smallest absolute Gasteiger partial charge is 0.360 e. The average molecular weight is 337 g/mol. The number of esters is 1. The molecule has 0 aromatic carbocycles. The summed E-state index contributed by atoms with van der Waals surface area (Å²) in [6.45, 7) is 8.13. The molecule has 6 nitrogen and oxygen atoms in total. The topological polar surface area (TPSA) is 89.1 Å². The van der Waals surface area contributed by atoms with Gasteiger partial charge in [-0.25, -0.2) is 13.2 Å². The van der Waals surface area contributed by atoms with Gasteiger partial charge >= 0.3 is 5.97 Å². The zero-order chi connectivity index (χ0) is 16.3. The van der Waals surface area contributed by atoms with Crippen molar-refractivity contribution in [2.24, 2.45) is 5.41 Å². The number of nitrogens with one attached hydrogen (secondary N) is 1. The van der Waals surface area contributed by atoms with Gasteiger partial charge in [0.25, 0.3) is 9.05 Å². The van der Waals surface area contributed by atoms with E-state index in [4.69, 9.17) is 15.4 Å². The summed E-state index contributed by atoms with van der Waals surface area (Å²) in [5.74, 6) is -0.780. The monoisotopic (exact) mass is 336 g/mol. The van der Waals surface area contributed by atoms with Crippen LogP contribution in [0.4, 0.5) is 0 Å². The van der Waals surface area contributed by atoms with Crippen LogP contribution in [0.15, 0.2) is 4.90 Å². The number of ether oxygens (including phenoxy) is 1. The fourth-order valence-electron chi connectivity index (χ4n) is 1.71. The Balaban J connectivity index is 2.95. The highest BCUT2D eigenvalue weighted by Crippen LogP contribution is 2.25. The van der Waals surface area contributed by atoms with E-state index in [1.807, 2.05) is 27.7 Å². The van der Waals surface area contributed by atoms with E-state index in [2.05, 4.69) is 10.2 Å². The molecule has 0 saturated carbocycles. The molecule has 0 atom stereocenters. The van der Waals surface area contributed by atoms with Gasteiger partial charge in [-0.05, 0) is 18.3 Å². The van der Waals surface area contributed by atoms with Gasteiger partial charge in [0, 0.05) is 10.7 Å². The van der Waals surface area contributed by atoms with E-state index in [0.717, 1.165) is 0 Å². The molecule has 0 fully saturated rings. The molecule has 1 N–H and O–H groups in total. The molecule has 1 aromatic rings. The van der Waals surface area contributed by atoms with E-state index >= 15 is 0 Å². The first-order valence-electron chi connectivity index (χ1n) is 6.75. The highest BCUT2D eigenvalue weighted by Gasteiger charge is 2.29. The van der Waals surface area contributed by atoms with Gasteiger partial charge in [0.1, 0.15) is 4.90 Å². The first kappa shape index (κ1) is 18.0. The van der Waals surface area contributed by atoms with Crippen LogP contribution in [0.25, 0.3) is 0 Å². The summed E-state index contributed by atoms with van der Waals surface area (Å²) < 4.78 is 28.4. The maximum Gasteiger partial charge on any atom is 0.360 e. The van der Waals surface area contributed by atoms with Crippen LogP contribution in [-0.4, -0.2) is 31.2 Å². The van der Waals surface area contributed by atoms with Crippen LogP contribution in [0.1, 0.15) is 56.7 Å². The summed E-state index contributed by atoms with van der Waals surface area (Å²) in [7, 11) is 1.34. The molecule has 0 bridgehead atoms. The fourth-order valence-corrected chi connectivity index (χ4v) is 3.01. The summed E-state index contributed by atoms with van der Waals surface area (Å²) in [6, 6.07) is 0. The number of carbonyl (C=O) groups is 1. The molecule has 1 rings (SSSR count). The third-order valence-corrected chi connectivity index (χ3v) is 4.20. The van der Waals surface area contributed by atoms with Gasteiger partial charge < -0.3 is 4.74 Å². The summed E-state index contributed by atoms with van der Waals surface area (Å²) in [5, 5.41) is 6.31. The number of aromatic amines is 1. The van der Waals surface area contributed by atoms with E-state index in [9.17, 15) is 13.2 Å². The fraction of sp³-hybridized carbons (Fsp3) is 0.692. The zero-order valence-electron chi connectivity index (χ0n) is 12.7. The van der Waals surface area contributed by atoms with Crippen molar-refractivity contribution in [1.29, 1.82) is 0 Å². The molecule has 0 aliphatic heterocycles.